The number of ether oxygens (including phenoxy) is 2. The van der Waals surface area contributed by atoms with Crippen molar-refractivity contribution < 1.29 is 14.3 Å². The number of hydrogen-bond acceptors (Lipinski definition) is 5. The number of nitrogens with zero attached hydrogens (tertiary/aromatic N) is 2. The summed E-state index contributed by atoms with van der Waals surface area (Å²) < 4.78 is 10.2. The third kappa shape index (κ3) is 4.20. The Balaban J connectivity index is 2.76. The van der Waals surface area contributed by atoms with Crippen LogP contribution < -0.4 is 10.1 Å². The van der Waals surface area contributed by atoms with E-state index in [1.165, 1.54) is 13.3 Å². The molecule has 1 amide bonds. The second-order valence-corrected chi connectivity index (χ2v) is 4.69. The fourth-order valence-electron chi connectivity index (χ4n) is 1.27. The van der Waals surface area contributed by atoms with Crippen LogP contribution in [-0.4, -0.2) is 28.8 Å². The first-order valence-electron chi connectivity index (χ1n) is 5.75. The summed E-state index contributed by atoms with van der Waals surface area (Å²) in [5.74, 6) is 0.712. The Morgan fingerprint density at radius 2 is 2.11 bits per heavy atom. The number of carbonyl (C=O) groups is 1. The van der Waals surface area contributed by atoms with Crippen molar-refractivity contribution in [2.24, 2.45) is 0 Å². The third-order valence-corrected chi connectivity index (χ3v) is 1.97. The Bertz CT molecular complexity index is 427. The molecule has 1 aromatic rings. The first kappa shape index (κ1) is 14.2. The summed E-state index contributed by atoms with van der Waals surface area (Å²) in [6, 6.07) is 0. The van der Waals surface area contributed by atoms with Gasteiger partial charge in [0, 0.05) is 0 Å². The van der Waals surface area contributed by atoms with Gasteiger partial charge in [-0.2, -0.15) is 4.98 Å². The van der Waals surface area contributed by atoms with Gasteiger partial charge in [0.05, 0.1) is 13.3 Å². The zero-order valence-electron chi connectivity index (χ0n) is 11.4. The number of carbonyl (C=O) groups excluding carboxylic acids is 1. The summed E-state index contributed by atoms with van der Waals surface area (Å²) in [4.78, 5) is 19.8. The van der Waals surface area contributed by atoms with Gasteiger partial charge in [0.1, 0.15) is 11.3 Å². The molecule has 0 fully saturated rings. The third-order valence-electron chi connectivity index (χ3n) is 1.97. The molecule has 1 rings (SSSR count). The van der Waals surface area contributed by atoms with Gasteiger partial charge in [-0.25, -0.2) is 4.79 Å². The molecule has 1 N–H and O–H groups in total. The van der Waals surface area contributed by atoms with E-state index < -0.39 is 11.7 Å². The van der Waals surface area contributed by atoms with Crippen LogP contribution in [-0.2, 0) is 11.2 Å². The molecule has 0 saturated carbocycles. The van der Waals surface area contributed by atoms with Gasteiger partial charge in [0.25, 0.3) is 0 Å². The zero-order valence-corrected chi connectivity index (χ0v) is 11.4. The molecule has 0 radical (unpaired) electrons. The Kier molecular flexibility index (Phi) is 4.47. The molecule has 0 atom stereocenters. The topological polar surface area (TPSA) is 73.3 Å². The number of aryl methyl sites for hydroxylation is 1. The van der Waals surface area contributed by atoms with E-state index in [-0.39, 0.29) is 0 Å². The summed E-state index contributed by atoms with van der Waals surface area (Å²) in [6.07, 6.45) is 1.62. The predicted octanol–water partition coefficient (Wildman–Crippen LogP) is 2.39. The SMILES string of the molecule is CCc1ncc(NC(=O)OC(C)(C)C)nc1OC. The first-order chi connectivity index (χ1) is 8.35. The minimum Gasteiger partial charge on any atom is -0.480 e. The van der Waals surface area contributed by atoms with E-state index in [1.54, 1.807) is 20.8 Å². The average Bonchev–Trinajstić information content (AvgIpc) is 2.26. The molecule has 0 bridgehead atoms. The quantitative estimate of drug-likeness (QED) is 0.895. The lowest BCUT2D eigenvalue weighted by molar-refractivity contribution is 0.0635. The molecule has 1 heterocycles. The molecule has 6 nitrogen and oxygen atoms in total. The van der Waals surface area contributed by atoms with Crippen molar-refractivity contribution in [3.63, 3.8) is 0 Å². The van der Waals surface area contributed by atoms with E-state index in [0.29, 0.717) is 18.1 Å². The van der Waals surface area contributed by atoms with Gasteiger partial charge >= 0.3 is 6.09 Å². The summed E-state index contributed by atoms with van der Waals surface area (Å²) >= 11 is 0. The van der Waals surface area contributed by atoms with Gasteiger partial charge < -0.3 is 9.47 Å². The maximum Gasteiger partial charge on any atom is 0.413 e. The molecule has 6 heteroatoms. The molecule has 0 saturated heterocycles. The predicted molar refractivity (Wildman–Crippen MR) is 67.8 cm³/mol. The van der Waals surface area contributed by atoms with Gasteiger partial charge in [-0.1, -0.05) is 6.92 Å². The molecule has 0 spiro atoms. The van der Waals surface area contributed by atoms with E-state index in [9.17, 15) is 4.79 Å². The number of nitrogens with one attached hydrogen (secondary N) is 1. The van der Waals surface area contributed by atoms with Crippen molar-refractivity contribution >= 4 is 11.9 Å². The number of anilines is 1. The fraction of sp³-hybridized carbons (Fsp3) is 0.583. The summed E-state index contributed by atoms with van der Waals surface area (Å²) in [5.41, 5.74) is 0.192. The Hall–Kier alpha value is -1.85. The normalized spacial score (nSPS) is 10.9. The van der Waals surface area contributed by atoms with E-state index in [1.807, 2.05) is 6.92 Å². The highest BCUT2D eigenvalue weighted by Crippen LogP contribution is 2.16. The number of rotatable bonds is 3. The fourth-order valence-corrected chi connectivity index (χ4v) is 1.27. The van der Waals surface area contributed by atoms with Crippen LogP contribution in [0.1, 0.15) is 33.4 Å². The first-order valence-corrected chi connectivity index (χ1v) is 5.75. The Morgan fingerprint density at radius 1 is 1.44 bits per heavy atom. The minimum atomic E-state index is -0.567. The molecule has 0 aliphatic rings. The standard InChI is InChI=1S/C12H19N3O3/c1-6-8-10(17-5)14-9(7-13-8)15-11(16)18-12(2,3)4/h7H,6H2,1-5H3,(H,14,15,16). The van der Waals surface area contributed by atoms with Gasteiger partial charge in [-0.15, -0.1) is 0 Å². The molecular formula is C12H19N3O3. The Morgan fingerprint density at radius 3 is 2.61 bits per heavy atom. The van der Waals surface area contributed by atoms with Crippen LogP contribution in [0.2, 0.25) is 0 Å². The summed E-state index contributed by atoms with van der Waals surface area (Å²) in [6.45, 7) is 7.32. The van der Waals surface area contributed by atoms with Crippen LogP contribution in [0.15, 0.2) is 6.20 Å². The molecule has 0 aliphatic carbocycles. The lowest BCUT2D eigenvalue weighted by Gasteiger charge is -2.19. The van der Waals surface area contributed by atoms with Crippen LogP contribution in [0.25, 0.3) is 0 Å². The molecule has 18 heavy (non-hydrogen) atoms. The van der Waals surface area contributed by atoms with Crippen molar-refractivity contribution in [1.29, 1.82) is 0 Å². The van der Waals surface area contributed by atoms with E-state index in [0.717, 1.165) is 5.69 Å². The van der Waals surface area contributed by atoms with Crippen LogP contribution in [0, 0.1) is 0 Å². The maximum atomic E-state index is 11.5. The van der Waals surface area contributed by atoms with Crippen LogP contribution in [0.3, 0.4) is 0 Å². The second-order valence-electron chi connectivity index (χ2n) is 4.69. The van der Waals surface area contributed by atoms with Crippen LogP contribution in [0.4, 0.5) is 10.6 Å². The van der Waals surface area contributed by atoms with Gasteiger partial charge in [-0.3, -0.25) is 10.3 Å². The van der Waals surface area contributed by atoms with Crippen LogP contribution in [0.5, 0.6) is 5.88 Å². The van der Waals surface area contributed by atoms with Crippen molar-refractivity contribution in [2.45, 2.75) is 39.7 Å². The van der Waals surface area contributed by atoms with E-state index >= 15 is 0 Å². The maximum absolute atomic E-state index is 11.5. The van der Waals surface area contributed by atoms with Gasteiger partial charge in [-0.05, 0) is 27.2 Å². The average molecular weight is 253 g/mol. The highest BCUT2D eigenvalue weighted by atomic mass is 16.6. The monoisotopic (exact) mass is 253 g/mol. The van der Waals surface area contributed by atoms with Gasteiger partial charge in [0.15, 0.2) is 5.82 Å². The van der Waals surface area contributed by atoms with Crippen LogP contribution >= 0.6 is 0 Å². The molecular weight excluding hydrogens is 234 g/mol. The Labute approximate surface area is 107 Å². The lowest BCUT2D eigenvalue weighted by Crippen LogP contribution is -2.27. The lowest BCUT2D eigenvalue weighted by atomic mass is 10.2. The van der Waals surface area contributed by atoms with E-state index in [4.69, 9.17) is 9.47 Å². The smallest absolute Gasteiger partial charge is 0.413 e. The van der Waals surface area contributed by atoms with Crippen molar-refractivity contribution in [1.82, 2.24) is 9.97 Å². The number of hydrogen-bond donors (Lipinski definition) is 1. The zero-order chi connectivity index (χ0) is 13.8. The molecule has 0 unspecified atom stereocenters. The van der Waals surface area contributed by atoms with Crippen molar-refractivity contribution in [3.8, 4) is 5.88 Å². The number of amides is 1. The minimum absolute atomic E-state index is 0.304. The highest BCUT2D eigenvalue weighted by Gasteiger charge is 2.17. The number of aromatic nitrogens is 2. The molecule has 0 aromatic carbocycles. The van der Waals surface area contributed by atoms with Crippen molar-refractivity contribution in [2.75, 3.05) is 12.4 Å². The van der Waals surface area contributed by atoms with Crippen molar-refractivity contribution in [3.05, 3.63) is 11.9 Å². The molecule has 0 aliphatic heterocycles. The van der Waals surface area contributed by atoms with Gasteiger partial charge in [0.2, 0.25) is 5.88 Å². The largest absolute Gasteiger partial charge is 0.480 e. The highest BCUT2D eigenvalue weighted by molar-refractivity contribution is 5.83. The second kappa shape index (κ2) is 5.66. The number of methoxy groups -OCH3 is 1. The summed E-state index contributed by atoms with van der Waals surface area (Å²) in [5, 5.41) is 2.51. The molecule has 1 aromatic heterocycles. The molecule has 100 valence electrons. The van der Waals surface area contributed by atoms with E-state index in [2.05, 4.69) is 15.3 Å². The summed E-state index contributed by atoms with van der Waals surface area (Å²) in [7, 11) is 1.51.